The highest BCUT2D eigenvalue weighted by Gasteiger charge is 2.17. The van der Waals surface area contributed by atoms with Crippen LogP contribution in [0.25, 0.3) is 0 Å². The number of aryl methyl sites for hydroxylation is 1. The van der Waals surface area contributed by atoms with Crippen molar-refractivity contribution in [3.8, 4) is 0 Å². The number of benzene rings is 1. The van der Waals surface area contributed by atoms with Crippen LogP contribution in [0, 0.1) is 17.0 Å². The normalized spacial score (nSPS) is 10.1. The van der Waals surface area contributed by atoms with Crippen molar-refractivity contribution < 1.29 is 18.9 Å². The van der Waals surface area contributed by atoms with Crippen molar-refractivity contribution in [2.75, 3.05) is 0 Å². The molecular weight excluding hydrogens is 314 g/mol. The summed E-state index contributed by atoms with van der Waals surface area (Å²) >= 11 is 5.65. The summed E-state index contributed by atoms with van der Waals surface area (Å²) in [5.74, 6) is -0.883. The van der Waals surface area contributed by atoms with E-state index in [1.54, 1.807) is 6.92 Å². The number of halogens is 1. The van der Waals surface area contributed by atoms with Crippen LogP contribution in [0.4, 0.5) is 5.69 Å². The second-order valence-corrected chi connectivity index (χ2v) is 4.63. The Balaban J connectivity index is 2.07. The molecule has 0 saturated heterocycles. The Morgan fingerprint density at radius 1 is 1.23 bits per heavy atom. The number of rotatable bonds is 3. The molecule has 1 aromatic heterocycles. The lowest BCUT2D eigenvalue weighted by Gasteiger charge is -2.07. The van der Waals surface area contributed by atoms with Gasteiger partial charge in [0.15, 0.2) is 0 Å². The highest BCUT2D eigenvalue weighted by Crippen LogP contribution is 2.24. The minimum atomic E-state index is -0.714. The van der Waals surface area contributed by atoms with Gasteiger partial charge >= 0.3 is 0 Å². The standard InChI is InChI=1S/C13H10ClN3O5/c1-7-9(4-5-22-7)13(19)16-15-12(18)8-2-3-10(14)11(6-8)17(20)21/h2-6H,1H3,(H,15,18)(H,16,19). The predicted octanol–water partition coefficient (Wildman–Crippen LogP) is 2.22. The topological polar surface area (TPSA) is 114 Å². The molecule has 0 atom stereocenters. The zero-order chi connectivity index (χ0) is 16.3. The van der Waals surface area contributed by atoms with E-state index in [0.29, 0.717) is 5.76 Å². The maximum atomic E-state index is 11.9. The molecule has 0 bridgehead atoms. The third kappa shape index (κ3) is 3.23. The van der Waals surface area contributed by atoms with Crippen LogP contribution >= 0.6 is 11.6 Å². The van der Waals surface area contributed by atoms with Crippen LogP contribution in [-0.4, -0.2) is 16.7 Å². The van der Waals surface area contributed by atoms with Gasteiger partial charge in [-0.3, -0.25) is 30.6 Å². The Morgan fingerprint density at radius 3 is 2.50 bits per heavy atom. The second-order valence-electron chi connectivity index (χ2n) is 4.22. The Bertz CT molecular complexity index is 756. The Morgan fingerprint density at radius 2 is 1.91 bits per heavy atom. The van der Waals surface area contributed by atoms with E-state index in [2.05, 4.69) is 10.9 Å². The van der Waals surface area contributed by atoms with Crippen molar-refractivity contribution in [3.05, 3.63) is 62.6 Å². The molecule has 0 fully saturated rings. The van der Waals surface area contributed by atoms with Crippen LogP contribution < -0.4 is 10.9 Å². The van der Waals surface area contributed by atoms with Gasteiger partial charge in [0.1, 0.15) is 10.8 Å². The van der Waals surface area contributed by atoms with Crippen molar-refractivity contribution in [1.82, 2.24) is 10.9 Å². The molecular formula is C13H10ClN3O5. The van der Waals surface area contributed by atoms with Crippen molar-refractivity contribution in [2.45, 2.75) is 6.92 Å². The first-order valence-corrected chi connectivity index (χ1v) is 6.36. The molecule has 2 aromatic rings. The van der Waals surface area contributed by atoms with Crippen molar-refractivity contribution >= 4 is 29.1 Å². The average Bonchev–Trinajstić information content (AvgIpc) is 2.90. The van der Waals surface area contributed by atoms with Crippen LogP contribution in [-0.2, 0) is 0 Å². The van der Waals surface area contributed by atoms with Gasteiger partial charge in [-0.25, -0.2) is 0 Å². The molecule has 0 saturated carbocycles. The van der Waals surface area contributed by atoms with Crippen LogP contribution in [0.5, 0.6) is 0 Å². The highest BCUT2D eigenvalue weighted by atomic mass is 35.5. The molecule has 8 nitrogen and oxygen atoms in total. The molecule has 0 aliphatic rings. The first-order chi connectivity index (χ1) is 10.4. The number of hydrogen-bond donors (Lipinski definition) is 2. The number of hydrazine groups is 1. The average molecular weight is 324 g/mol. The lowest BCUT2D eigenvalue weighted by Crippen LogP contribution is -2.41. The zero-order valence-electron chi connectivity index (χ0n) is 11.3. The number of nitro benzene ring substituents is 1. The summed E-state index contributed by atoms with van der Waals surface area (Å²) in [6.07, 6.45) is 1.34. The number of nitro groups is 1. The third-order valence-corrected chi connectivity index (χ3v) is 3.12. The van der Waals surface area contributed by atoms with E-state index in [-0.39, 0.29) is 16.1 Å². The summed E-state index contributed by atoms with van der Waals surface area (Å²) in [4.78, 5) is 33.7. The number of furan rings is 1. The molecule has 0 radical (unpaired) electrons. The molecule has 0 aliphatic heterocycles. The monoisotopic (exact) mass is 323 g/mol. The van der Waals surface area contributed by atoms with Gasteiger partial charge in [-0.15, -0.1) is 0 Å². The lowest BCUT2D eigenvalue weighted by atomic mass is 10.2. The fourth-order valence-electron chi connectivity index (χ4n) is 1.67. The molecule has 2 amide bonds. The van der Waals surface area contributed by atoms with E-state index in [0.717, 1.165) is 6.07 Å². The predicted molar refractivity (Wildman–Crippen MR) is 76.5 cm³/mol. The summed E-state index contributed by atoms with van der Waals surface area (Å²) in [7, 11) is 0. The van der Waals surface area contributed by atoms with E-state index in [9.17, 15) is 19.7 Å². The molecule has 1 aromatic carbocycles. The Kier molecular flexibility index (Phi) is 4.42. The first kappa shape index (κ1) is 15.5. The van der Waals surface area contributed by atoms with Crippen LogP contribution in [0.2, 0.25) is 5.02 Å². The van der Waals surface area contributed by atoms with E-state index in [1.165, 1.54) is 24.5 Å². The second kappa shape index (κ2) is 6.27. The minimum Gasteiger partial charge on any atom is -0.469 e. The Hall–Kier alpha value is -2.87. The molecule has 1 heterocycles. The van der Waals surface area contributed by atoms with Gasteiger partial charge in [0.05, 0.1) is 16.7 Å². The molecule has 2 rings (SSSR count). The number of nitrogens with zero attached hydrogens (tertiary/aromatic N) is 1. The fourth-order valence-corrected chi connectivity index (χ4v) is 1.85. The molecule has 2 N–H and O–H groups in total. The number of nitrogens with one attached hydrogen (secondary N) is 2. The molecule has 0 aliphatic carbocycles. The highest BCUT2D eigenvalue weighted by molar-refractivity contribution is 6.32. The minimum absolute atomic E-state index is 0.0136. The number of carbonyl (C=O) groups is 2. The van der Waals surface area contributed by atoms with E-state index < -0.39 is 22.4 Å². The SMILES string of the molecule is Cc1occc1C(=O)NNC(=O)c1ccc(Cl)c([N+](=O)[O-])c1. The van der Waals surface area contributed by atoms with Gasteiger partial charge < -0.3 is 4.42 Å². The van der Waals surface area contributed by atoms with Crippen LogP contribution in [0.1, 0.15) is 26.5 Å². The van der Waals surface area contributed by atoms with Crippen LogP contribution in [0.3, 0.4) is 0 Å². The first-order valence-electron chi connectivity index (χ1n) is 5.99. The van der Waals surface area contributed by atoms with E-state index in [4.69, 9.17) is 16.0 Å². The summed E-state index contributed by atoms with van der Waals surface area (Å²) in [6, 6.07) is 5.01. The zero-order valence-corrected chi connectivity index (χ0v) is 12.0. The smallest absolute Gasteiger partial charge is 0.288 e. The number of amides is 2. The van der Waals surface area contributed by atoms with E-state index in [1.807, 2.05) is 0 Å². The largest absolute Gasteiger partial charge is 0.469 e. The van der Waals surface area contributed by atoms with Gasteiger partial charge in [0.2, 0.25) is 0 Å². The summed E-state index contributed by atoms with van der Waals surface area (Å²) < 4.78 is 4.97. The summed E-state index contributed by atoms with van der Waals surface area (Å²) in [6.45, 7) is 1.60. The van der Waals surface area contributed by atoms with Gasteiger partial charge in [-0.2, -0.15) is 0 Å². The van der Waals surface area contributed by atoms with Gasteiger partial charge in [0, 0.05) is 11.6 Å². The van der Waals surface area contributed by atoms with Crippen molar-refractivity contribution in [1.29, 1.82) is 0 Å². The molecule has 9 heteroatoms. The number of hydrogen-bond acceptors (Lipinski definition) is 5. The van der Waals surface area contributed by atoms with Crippen molar-refractivity contribution in [3.63, 3.8) is 0 Å². The van der Waals surface area contributed by atoms with E-state index >= 15 is 0 Å². The van der Waals surface area contributed by atoms with Crippen LogP contribution in [0.15, 0.2) is 34.9 Å². The van der Waals surface area contributed by atoms with Crippen molar-refractivity contribution in [2.24, 2.45) is 0 Å². The van der Waals surface area contributed by atoms with Gasteiger partial charge in [0.25, 0.3) is 17.5 Å². The maximum Gasteiger partial charge on any atom is 0.288 e. The quantitative estimate of drug-likeness (QED) is 0.664. The molecule has 0 unspecified atom stereocenters. The molecule has 114 valence electrons. The van der Waals surface area contributed by atoms with Gasteiger partial charge in [-0.05, 0) is 25.1 Å². The molecule has 22 heavy (non-hydrogen) atoms. The third-order valence-electron chi connectivity index (χ3n) is 2.80. The summed E-state index contributed by atoms with van der Waals surface area (Å²) in [5, 5.41) is 10.7. The lowest BCUT2D eigenvalue weighted by molar-refractivity contribution is -0.384. The Labute approximate surface area is 129 Å². The van der Waals surface area contributed by atoms with Gasteiger partial charge in [-0.1, -0.05) is 11.6 Å². The molecule has 0 spiro atoms. The fraction of sp³-hybridized carbons (Fsp3) is 0.0769. The maximum absolute atomic E-state index is 11.9. The number of carbonyl (C=O) groups excluding carboxylic acids is 2. The summed E-state index contributed by atoms with van der Waals surface area (Å²) in [5.41, 5.74) is 4.20.